The zero-order chi connectivity index (χ0) is 20.5. The standard InChI is InChI=1S/C22H14BrClN2O3/c23-15-9-19-20(25-10-15)21(27)18(22(28)29)12-26(19)11-14-4-1-2-7-17(14)13-5-3-6-16(24)8-13/h1-10,12H,11H2,(H,28,29). The van der Waals surface area contributed by atoms with Gasteiger partial charge in [-0.15, -0.1) is 0 Å². The Morgan fingerprint density at radius 3 is 2.69 bits per heavy atom. The second-order valence-electron chi connectivity index (χ2n) is 6.49. The summed E-state index contributed by atoms with van der Waals surface area (Å²) in [6.45, 7) is 0.359. The number of benzene rings is 2. The molecule has 0 aliphatic rings. The van der Waals surface area contributed by atoms with Crippen LogP contribution in [-0.4, -0.2) is 20.6 Å². The van der Waals surface area contributed by atoms with E-state index in [0.29, 0.717) is 21.6 Å². The Morgan fingerprint density at radius 2 is 1.93 bits per heavy atom. The molecular weight excluding hydrogens is 456 g/mol. The van der Waals surface area contributed by atoms with E-state index < -0.39 is 11.4 Å². The van der Waals surface area contributed by atoms with Gasteiger partial charge < -0.3 is 9.67 Å². The number of fused-ring (bicyclic) bond motifs is 1. The summed E-state index contributed by atoms with van der Waals surface area (Å²) in [4.78, 5) is 28.3. The molecule has 0 amide bonds. The van der Waals surface area contributed by atoms with Crippen LogP contribution in [0.1, 0.15) is 15.9 Å². The van der Waals surface area contributed by atoms with Crippen LogP contribution in [-0.2, 0) is 6.54 Å². The molecule has 0 saturated heterocycles. The van der Waals surface area contributed by atoms with Gasteiger partial charge >= 0.3 is 5.97 Å². The van der Waals surface area contributed by atoms with Gasteiger partial charge in [-0.25, -0.2) is 9.78 Å². The molecule has 4 rings (SSSR count). The number of hydrogen-bond acceptors (Lipinski definition) is 3. The first-order valence-electron chi connectivity index (χ1n) is 8.70. The largest absolute Gasteiger partial charge is 0.477 e. The average Bonchev–Trinajstić information content (AvgIpc) is 2.70. The maximum absolute atomic E-state index is 12.5. The fraction of sp³-hybridized carbons (Fsp3) is 0.0455. The number of pyridine rings is 2. The zero-order valence-electron chi connectivity index (χ0n) is 15.0. The van der Waals surface area contributed by atoms with Crippen LogP contribution in [0.15, 0.2) is 76.3 Å². The quantitative estimate of drug-likeness (QED) is 0.444. The number of nitrogens with zero attached hydrogens (tertiary/aromatic N) is 2. The molecule has 0 spiro atoms. The second kappa shape index (κ2) is 7.81. The number of aromatic nitrogens is 2. The predicted molar refractivity (Wildman–Crippen MR) is 117 cm³/mol. The maximum Gasteiger partial charge on any atom is 0.341 e. The van der Waals surface area contributed by atoms with Gasteiger partial charge in [0.05, 0.1) is 5.52 Å². The number of rotatable bonds is 4. The lowest BCUT2D eigenvalue weighted by atomic mass is 9.99. The molecule has 0 aliphatic heterocycles. The molecule has 2 aromatic heterocycles. The first kappa shape index (κ1) is 19.4. The Hall–Kier alpha value is -2.96. The van der Waals surface area contributed by atoms with Crippen LogP contribution in [0.4, 0.5) is 0 Å². The molecule has 0 atom stereocenters. The van der Waals surface area contributed by atoms with Crippen molar-refractivity contribution in [1.82, 2.24) is 9.55 Å². The van der Waals surface area contributed by atoms with Crippen LogP contribution >= 0.6 is 27.5 Å². The highest BCUT2D eigenvalue weighted by molar-refractivity contribution is 9.10. The SMILES string of the molecule is O=C(O)c1cn(Cc2ccccc2-c2cccc(Cl)c2)c2cc(Br)cnc2c1=O. The number of carboxylic acids is 1. The molecule has 2 aromatic carbocycles. The Kier molecular flexibility index (Phi) is 5.22. The van der Waals surface area contributed by atoms with Crippen LogP contribution in [0, 0.1) is 0 Å². The number of carbonyl (C=O) groups is 1. The van der Waals surface area contributed by atoms with Crippen molar-refractivity contribution in [3.05, 3.63) is 97.8 Å². The topological polar surface area (TPSA) is 72.2 Å². The molecule has 1 N–H and O–H groups in total. The van der Waals surface area contributed by atoms with Gasteiger partial charge in [0.1, 0.15) is 11.1 Å². The molecule has 0 radical (unpaired) electrons. The highest BCUT2D eigenvalue weighted by Crippen LogP contribution is 2.27. The summed E-state index contributed by atoms with van der Waals surface area (Å²) < 4.78 is 2.44. The molecular formula is C22H14BrClN2O3. The first-order chi connectivity index (χ1) is 13.9. The lowest BCUT2D eigenvalue weighted by molar-refractivity contribution is 0.0695. The predicted octanol–water partition coefficient (Wildman–Crippen LogP) is 5.23. The van der Waals surface area contributed by atoms with E-state index in [1.54, 1.807) is 10.6 Å². The van der Waals surface area contributed by atoms with E-state index in [0.717, 1.165) is 16.7 Å². The minimum Gasteiger partial charge on any atom is -0.477 e. The van der Waals surface area contributed by atoms with Crippen LogP contribution in [0.3, 0.4) is 0 Å². The summed E-state index contributed by atoms with van der Waals surface area (Å²) in [6, 6.07) is 17.1. The molecule has 29 heavy (non-hydrogen) atoms. The van der Waals surface area contributed by atoms with E-state index in [-0.39, 0.29) is 11.1 Å². The van der Waals surface area contributed by atoms with Crippen molar-refractivity contribution in [2.45, 2.75) is 6.54 Å². The molecule has 0 aliphatic carbocycles. The molecule has 5 nitrogen and oxygen atoms in total. The van der Waals surface area contributed by atoms with Gasteiger partial charge in [-0.1, -0.05) is 48.0 Å². The number of carboxylic acid groups (broad SMARTS) is 1. The highest BCUT2D eigenvalue weighted by atomic mass is 79.9. The van der Waals surface area contributed by atoms with Crippen molar-refractivity contribution in [1.29, 1.82) is 0 Å². The second-order valence-corrected chi connectivity index (χ2v) is 7.85. The van der Waals surface area contributed by atoms with Crippen molar-refractivity contribution in [2.24, 2.45) is 0 Å². The smallest absolute Gasteiger partial charge is 0.341 e. The summed E-state index contributed by atoms with van der Waals surface area (Å²) in [5.41, 5.74) is 2.64. The van der Waals surface area contributed by atoms with Crippen LogP contribution in [0.25, 0.3) is 22.2 Å². The van der Waals surface area contributed by atoms with Crippen LogP contribution in [0.5, 0.6) is 0 Å². The Balaban J connectivity index is 1.92. The lowest BCUT2D eigenvalue weighted by Crippen LogP contribution is -2.20. The van der Waals surface area contributed by atoms with Crippen molar-refractivity contribution in [3.8, 4) is 11.1 Å². The van der Waals surface area contributed by atoms with Crippen molar-refractivity contribution in [3.63, 3.8) is 0 Å². The van der Waals surface area contributed by atoms with E-state index >= 15 is 0 Å². The molecule has 0 bridgehead atoms. The van der Waals surface area contributed by atoms with Gasteiger partial charge in [0.25, 0.3) is 0 Å². The molecule has 4 aromatic rings. The van der Waals surface area contributed by atoms with E-state index in [1.165, 1.54) is 12.4 Å². The molecule has 0 fully saturated rings. The summed E-state index contributed by atoms with van der Waals surface area (Å²) in [5.74, 6) is -1.28. The minimum atomic E-state index is -1.28. The Labute approximate surface area is 179 Å². The fourth-order valence-electron chi connectivity index (χ4n) is 3.30. The highest BCUT2D eigenvalue weighted by Gasteiger charge is 2.17. The number of hydrogen-bond donors (Lipinski definition) is 1. The van der Waals surface area contributed by atoms with Gasteiger partial charge in [0.2, 0.25) is 5.43 Å². The third-order valence-corrected chi connectivity index (χ3v) is 5.28. The van der Waals surface area contributed by atoms with E-state index in [9.17, 15) is 14.7 Å². The van der Waals surface area contributed by atoms with Gasteiger partial charge in [-0.2, -0.15) is 0 Å². The summed E-state index contributed by atoms with van der Waals surface area (Å²) in [7, 11) is 0. The zero-order valence-corrected chi connectivity index (χ0v) is 17.3. The van der Waals surface area contributed by atoms with Crippen molar-refractivity contribution in [2.75, 3.05) is 0 Å². The van der Waals surface area contributed by atoms with Crippen molar-refractivity contribution >= 4 is 44.5 Å². The van der Waals surface area contributed by atoms with Gasteiger partial charge in [-0.3, -0.25) is 4.79 Å². The fourth-order valence-corrected chi connectivity index (χ4v) is 3.81. The van der Waals surface area contributed by atoms with Gasteiger partial charge in [-0.05, 0) is 50.8 Å². The van der Waals surface area contributed by atoms with Gasteiger partial charge in [0.15, 0.2) is 0 Å². The Bertz CT molecular complexity index is 1320. The van der Waals surface area contributed by atoms with Crippen molar-refractivity contribution < 1.29 is 9.90 Å². The number of aromatic carboxylic acids is 1. The minimum absolute atomic E-state index is 0.119. The first-order valence-corrected chi connectivity index (χ1v) is 9.87. The molecule has 7 heteroatoms. The molecule has 144 valence electrons. The summed E-state index contributed by atoms with van der Waals surface area (Å²) >= 11 is 9.53. The normalized spacial score (nSPS) is 11.0. The number of halogens is 2. The lowest BCUT2D eigenvalue weighted by Gasteiger charge is -2.15. The summed E-state index contributed by atoms with van der Waals surface area (Å²) in [6.07, 6.45) is 2.86. The van der Waals surface area contributed by atoms with E-state index in [1.807, 2.05) is 48.5 Å². The third-order valence-electron chi connectivity index (χ3n) is 4.61. The van der Waals surface area contributed by atoms with Crippen LogP contribution in [0.2, 0.25) is 5.02 Å². The molecule has 2 heterocycles. The Morgan fingerprint density at radius 1 is 1.14 bits per heavy atom. The van der Waals surface area contributed by atoms with E-state index in [2.05, 4.69) is 20.9 Å². The maximum atomic E-state index is 12.5. The van der Waals surface area contributed by atoms with Gasteiger partial charge in [0, 0.05) is 28.4 Å². The van der Waals surface area contributed by atoms with Crippen LogP contribution < -0.4 is 5.43 Å². The molecule has 0 saturated carbocycles. The van der Waals surface area contributed by atoms with E-state index in [4.69, 9.17) is 11.6 Å². The molecule has 0 unspecified atom stereocenters. The average molecular weight is 470 g/mol. The third kappa shape index (κ3) is 3.81. The summed E-state index contributed by atoms with van der Waals surface area (Å²) in [5, 5.41) is 10.1. The monoisotopic (exact) mass is 468 g/mol.